The Hall–Kier alpha value is -2.57. The molecule has 0 heterocycles. The van der Waals surface area contributed by atoms with Crippen LogP contribution in [0.25, 0.3) is 0 Å². The number of rotatable bonds is 3. The largest absolute Gasteiger partial charge is 0.514 e. The first kappa shape index (κ1) is 39.6. The molecule has 0 aromatic heterocycles. The predicted octanol–water partition coefficient (Wildman–Crippen LogP) is 7.94. The van der Waals surface area contributed by atoms with Gasteiger partial charge in [-0.3, -0.25) is 9.59 Å². The Labute approximate surface area is 214 Å². The van der Waals surface area contributed by atoms with Crippen molar-refractivity contribution in [3.05, 3.63) is 29.8 Å². The van der Waals surface area contributed by atoms with Crippen molar-refractivity contribution in [1.82, 2.24) is 0 Å². The standard InChI is InChI=1S/C15H22O3.C6H12O2.C4H10.C2H6.CH2O2/c1-11(2)10-12-6-8-13(9-7-12)17-14(16)18-15(3,4)5;1-5(7)8-6(2,3)4;1-4(2)3;1-2;2-1-3/h6-9,11H,10H2,1-5H3;1-4H3;4H,1-3H3;1-2H3;1H,(H,2,3). The minimum Gasteiger partial charge on any atom is -0.483 e. The molecule has 0 aliphatic carbocycles. The van der Waals surface area contributed by atoms with Crippen molar-refractivity contribution in [2.24, 2.45) is 11.8 Å². The summed E-state index contributed by atoms with van der Waals surface area (Å²) in [5.74, 6) is 1.73. The second kappa shape index (κ2) is 21.9. The molecule has 1 rings (SSSR count). The molecule has 0 aliphatic heterocycles. The summed E-state index contributed by atoms with van der Waals surface area (Å²) < 4.78 is 15.0. The van der Waals surface area contributed by atoms with Gasteiger partial charge in [0.1, 0.15) is 17.0 Å². The van der Waals surface area contributed by atoms with Gasteiger partial charge in [-0.05, 0) is 77.5 Å². The first-order valence-electron chi connectivity index (χ1n) is 12.1. The van der Waals surface area contributed by atoms with Gasteiger partial charge in [0.25, 0.3) is 6.47 Å². The first-order chi connectivity index (χ1) is 15.8. The smallest absolute Gasteiger partial charge is 0.483 e. The van der Waals surface area contributed by atoms with E-state index in [4.69, 9.17) is 24.1 Å². The molecule has 0 radical (unpaired) electrons. The lowest BCUT2D eigenvalue weighted by molar-refractivity contribution is -0.151. The van der Waals surface area contributed by atoms with Gasteiger partial charge in [-0.25, -0.2) is 4.79 Å². The Morgan fingerprint density at radius 3 is 1.43 bits per heavy atom. The lowest BCUT2D eigenvalue weighted by Gasteiger charge is -2.18. The van der Waals surface area contributed by atoms with E-state index >= 15 is 0 Å². The molecule has 0 spiro atoms. The number of carbonyl (C=O) groups excluding carboxylic acids is 2. The molecule has 206 valence electrons. The molecule has 0 saturated heterocycles. The molecule has 1 N–H and O–H groups in total. The second-order valence-corrected chi connectivity index (χ2v) is 10.4. The maximum absolute atomic E-state index is 11.4. The highest BCUT2D eigenvalue weighted by Crippen LogP contribution is 2.17. The number of carboxylic acid groups (broad SMARTS) is 1. The SMILES string of the molecule is CC.CC(=O)OC(C)(C)C.CC(C)C.CC(C)Cc1ccc(OC(=O)OC(C)(C)C)cc1.O=CO. The Bertz CT molecular complexity index is 647. The van der Waals surface area contributed by atoms with Crippen molar-refractivity contribution in [1.29, 1.82) is 0 Å². The van der Waals surface area contributed by atoms with E-state index in [0.29, 0.717) is 11.7 Å². The van der Waals surface area contributed by atoms with Crippen LogP contribution in [0.3, 0.4) is 0 Å². The van der Waals surface area contributed by atoms with Gasteiger partial charge >= 0.3 is 12.1 Å². The molecule has 0 unspecified atom stereocenters. The van der Waals surface area contributed by atoms with Crippen LogP contribution in [0.1, 0.15) is 102 Å². The van der Waals surface area contributed by atoms with E-state index in [1.165, 1.54) is 12.5 Å². The van der Waals surface area contributed by atoms with Gasteiger partial charge in [0.15, 0.2) is 0 Å². The Balaban J connectivity index is -0.000000234. The van der Waals surface area contributed by atoms with E-state index in [9.17, 15) is 9.59 Å². The van der Waals surface area contributed by atoms with Crippen LogP contribution < -0.4 is 4.74 Å². The van der Waals surface area contributed by atoms with Crippen LogP contribution in [0.2, 0.25) is 0 Å². The highest BCUT2D eigenvalue weighted by molar-refractivity contribution is 5.66. The molecule has 35 heavy (non-hydrogen) atoms. The molecule has 0 fully saturated rings. The monoisotopic (exact) mass is 500 g/mol. The Kier molecular flexibility index (Phi) is 24.8. The fourth-order valence-electron chi connectivity index (χ4n) is 1.96. The van der Waals surface area contributed by atoms with Crippen LogP contribution in [0.4, 0.5) is 4.79 Å². The van der Waals surface area contributed by atoms with E-state index in [-0.39, 0.29) is 18.0 Å². The third kappa shape index (κ3) is 42.1. The molecule has 0 atom stereocenters. The number of benzene rings is 1. The van der Waals surface area contributed by atoms with Crippen LogP contribution in [0.15, 0.2) is 24.3 Å². The van der Waals surface area contributed by atoms with Crippen LogP contribution in [0, 0.1) is 11.8 Å². The zero-order chi connectivity index (χ0) is 28.8. The summed E-state index contributed by atoms with van der Waals surface area (Å²) in [6, 6.07) is 7.53. The van der Waals surface area contributed by atoms with Crippen molar-refractivity contribution in [3.63, 3.8) is 0 Å². The van der Waals surface area contributed by atoms with Crippen molar-refractivity contribution < 1.29 is 33.7 Å². The summed E-state index contributed by atoms with van der Waals surface area (Å²) >= 11 is 0. The van der Waals surface area contributed by atoms with E-state index < -0.39 is 11.8 Å². The molecule has 0 bridgehead atoms. The summed E-state index contributed by atoms with van der Waals surface area (Å²) in [7, 11) is 0. The Morgan fingerprint density at radius 1 is 0.857 bits per heavy atom. The van der Waals surface area contributed by atoms with Gasteiger partial charge in [0.05, 0.1) is 0 Å². The summed E-state index contributed by atoms with van der Waals surface area (Å²) in [6.45, 7) is 26.9. The summed E-state index contributed by atoms with van der Waals surface area (Å²) in [4.78, 5) is 30.0. The van der Waals surface area contributed by atoms with Crippen LogP contribution in [-0.2, 0) is 25.5 Å². The summed E-state index contributed by atoms with van der Waals surface area (Å²) in [5, 5.41) is 6.89. The van der Waals surface area contributed by atoms with Gasteiger partial charge in [-0.2, -0.15) is 0 Å². The van der Waals surface area contributed by atoms with Gasteiger partial charge in [0, 0.05) is 6.92 Å². The summed E-state index contributed by atoms with van der Waals surface area (Å²) in [5.41, 5.74) is 0.377. The van der Waals surface area contributed by atoms with E-state index in [2.05, 4.69) is 34.6 Å². The molecule has 1 aromatic rings. The van der Waals surface area contributed by atoms with Gasteiger partial charge in [-0.1, -0.05) is 60.6 Å². The third-order valence-corrected chi connectivity index (χ3v) is 2.61. The molecule has 0 saturated carbocycles. The number of ether oxygens (including phenoxy) is 3. The minimum absolute atomic E-state index is 0.225. The van der Waals surface area contributed by atoms with E-state index in [1.54, 1.807) is 32.9 Å². The normalized spacial score (nSPS) is 9.94. The zero-order valence-electron chi connectivity index (χ0n) is 24.6. The average Bonchev–Trinajstić information content (AvgIpc) is 2.61. The van der Waals surface area contributed by atoms with Gasteiger partial charge in [-0.15, -0.1) is 0 Å². The van der Waals surface area contributed by atoms with Crippen molar-refractivity contribution in [2.45, 2.75) is 115 Å². The molecule has 1 aromatic carbocycles. The van der Waals surface area contributed by atoms with Crippen LogP contribution in [0.5, 0.6) is 5.75 Å². The van der Waals surface area contributed by atoms with Crippen molar-refractivity contribution in [3.8, 4) is 5.75 Å². The van der Waals surface area contributed by atoms with Gasteiger partial charge in [0.2, 0.25) is 0 Å². The Morgan fingerprint density at radius 2 is 1.20 bits per heavy atom. The molecule has 7 heteroatoms. The average molecular weight is 501 g/mol. The molecule has 7 nitrogen and oxygen atoms in total. The van der Waals surface area contributed by atoms with E-state index in [0.717, 1.165) is 12.3 Å². The lowest BCUT2D eigenvalue weighted by Crippen LogP contribution is -2.25. The minimum atomic E-state index is -0.667. The van der Waals surface area contributed by atoms with Gasteiger partial charge < -0.3 is 19.3 Å². The molecular formula is C28H52O7. The lowest BCUT2D eigenvalue weighted by atomic mass is 10.0. The van der Waals surface area contributed by atoms with Crippen LogP contribution in [-0.4, -0.2) is 34.9 Å². The molecule has 0 amide bonds. The number of esters is 1. The fraction of sp³-hybridized carbons (Fsp3) is 0.679. The number of hydrogen-bond donors (Lipinski definition) is 1. The van der Waals surface area contributed by atoms with E-state index in [1.807, 2.05) is 46.8 Å². The fourth-order valence-corrected chi connectivity index (χ4v) is 1.96. The molecular weight excluding hydrogens is 448 g/mol. The highest BCUT2D eigenvalue weighted by Gasteiger charge is 2.18. The number of carbonyl (C=O) groups is 3. The second-order valence-electron chi connectivity index (χ2n) is 10.4. The van der Waals surface area contributed by atoms with Crippen LogP contribution >= 0.6 is 0 Å². The quantitative estimate of drug-likeness (QED) is 0.255. The maximum atomic E-state index is 11.4. The third-order valence-electron chi connectivity index (χ3n) is 2.61. The topological polar surface area (TPSA) is 99.1 Å². The predicted molar refractivity (Wildman–Crippen MR) is 144 cm³/mol. The maximum Gasteiger partial charge on any atom is 0.514 e. The summed E-state index contributed by atoms with van der Waals surface area (Å²) in [6.07, 6.45) is 0.353. The van der Waals surface area contributed by atoms with Crippen molar-refractivity contribution in [2.75, 3.05) is 0 Å². The zero-order valence-corrected chi connectivity index (χ0v) is 24.6. The number of hydrogen-bond acceptors (Lipinski definition) is 6. The molecule has 0 aliphatic rings. The van der Waals surface area contributed by atoms with Crippen molar-refractivity contribution >= 4 is 18.6 Å². The first-order valence-corrected chi connectivity index (χ1v) is 12.1. The highest BCUT2D eigenvalue weighted by atomic mass is 16.7.